The lowest BCUT2D eigenvalue weighted by Gasteiger charge is -2.17. The van der Waals surface area contributed by atoms with Crippen molar-refractivity contribution >= 4 is 21.6 Å². The zero-order valence-electron chi connectivity index (χ0n) is 11.8. The molecule has 0 aliphatic heterocycles. The highest BCUT2D eigenvalue weighted by Gasteiger charge is 2.16. The van der Waals surface area contributed by atoms with Gasteiger partial charge in [-0.1, -0.05) is 19.8 Å². The number of nitrogen functional groups attached to an aromatic ring is 1. The Morgan fingerprint density at radius 1 is 1.40 bits per heavy atom. The molecule has 0 fully saturated rings. The van der Waals surface area contributed by atoms with Gasteiger partial charge in [0, 0.05) is 4.47 Å². The van der Waals surface area contributed by atoms with Crippen molar-refractivity contribution in [3.05, 3.63) is 21.9 Å². The van der Waals surface area contributed by atoms with Crippen molar-refractivity contribution in [3.8, 4) is 0 Å². The van der Waals surface area contributed by atoms with Crippen LogP contribution in [0.3, 0.4) is 0 Å². The van der Waals surface area contributed by atoms with Crippen LogP contribution in [0.2, 0.25) is 0 Å². The first-order valence-electron chi connectivity index (χ1n) is 6.79. The van der Waals surface area contributed by atoms with E-state index in [0.29, 0.717) is 24.9 Å². The number of unbranched alkanes of at least 4 members (excludes halogenated alkanes) is 1. The van der Waals surface area contributed by atoms with Crippen LogP contribution in [0.15, 0.2) is 10.5 Å². The lowest BCUT2D eigenvalue weighted by molar-refractivity contribution is -0.165. The van der Waals surface area contributed by atoms with Gasteiger partial charge in [-0.25, -0.2) is 0 Å². The van der Waals surface area contributed by atoms with Crippen LogP contribution in [0.1, 0.15) is 44.0 Å². The summed E-state index contributed by atoms with van der Waals surface area (Å²) in [7, 11) is 0. The van der Waals surface area contributed by atoms with Gasteiger partial charge in [0.2, 0.25) is 0 Å². The maximum Gasteiger partial charge on any atom is 0.345 e. The summed E-state index contributed by atoms with van der Waals surface area (Å²) in [5, 5.41) is 0. The lowest BCUT2D eigenvalue weighted by Crippen LogP contribution is -2.18. The Balaban J connectivity index is 2.64. The number of aromatic nitrogens is 1. The first-order chi connectivity index (χ1) is 9.43. The molecule has 114 valence electrons. The average molecular weight is 351 g/mol. The summed E-state index contributed by atoms with van der Waals surface area (Å²) in [5.74, 6) is 0. The van der Waals surface area contributed by atoms with Gasteiger partial charge in [0.15, 0.2) is 0 Å². The van der Waals surface area contributed by atoms with Crippen LogP contribution in [-0.4, -0.2) is 17.7 Å². The molecular formula is C14H21BrF2N2O. The first-order valence-corrected chi connectivity index (χ1v) is 7.58. The number of pyridine rings is 1. The minimum Gasteiger partial charge on any atom is -0.397 e. The molecule has 6 heteroatoms. The number of halogens is 3. The van der Waals surface area contributed by atoms with Gasteiger partial charge in [-0.15, -0.1) is 0 Å². The Kier molecular flexibility index (Phi) is 7.37. The zero-order valence-corrected chi connectivity index (χ0v) is 13.4. The molecule has 0 bridgehead atoms. The quantitative estimate of drug-likeness (QED) is 0.752. The molecule has 0 aliphatic rings. The van der Waals surface area contributed by atoms with E-state index in [0.717, 1.165) is 28.7 Å². The Labute approximate surface area is 127 Å². The number of ether oxygens (including phenoxy) is 1. The number of hydrogen-bond acceptors (Lipinski definition) is 3. The van der Waals surface area contributed by atoms with E-state index in [-0.39, 0.29) is 0 Å². The summed E-state index contributed by atoms with van der Waals surface area (Å²) in [6, 6.07) is 1.80. The highest BCUT2D eigenvalue weighted by molar-refractivity contribution is 9.10. The van der Waals surface area contributed by atoms with Crippen molar-refractivity contribution in [1.82, 2.24) is 4.98 Å². The van der Waals surface area contributed by atoms with Crippen molar-refractivity contribution < 1.29 is 13.5 Å². The van der Waals surface area contributed by atoms with Gasteiger partial charge < -0.3 is 10.5 Å². The second kappa shape index (κ2) is 8.52. The van der Waals surface area contributed by atoms with Gasteiger partial charge in [0.05, 0.1) is 23.2 Å². The lowest BCUT2D eigenvalue weighted by atomic mass is 10.1. The summed E-state index contributed by atoms with van der Waals surface area (Å²) in [6.07, 6.45) is 3.18. The van der Waals surface area contributed by atoms with Crippen LogP contribution in [0.25, 0.3) is 0 Å². The second-order valence-corrected chi connectivity index (χ2v) is 5.65. The van der Waals surface area contributed by atoms with Gasteiger partial charge in [0.1, 0.15) is 0 Å². The predicted molar refractivity (Wildman–Crippen MR) is 79.8 cm³/mol. The Bertz CT molecular complexity index is 430. The standard InChI is InChI=1S/C14H21BrF2N2O/c1-3-4-5-10(20-14(16)17)6-7-13-11(15)8-12(18)9(2)19-13/h8,10,14H,3-7,18H2,1-2H3/t10-/m1/s1. The summed E-state index contributed by atoms with van der Waals surface area (Å²) in [4.78, 5) is 4.39. The van der Waals surface area contributed by atoms with Crippen LogP contribution in [0.5, 0.6) is 0 Å². The summed E-state index contributed by atoms with van der Waals surface area (Å²) >= 11 is 3.40. The van der Waals surface area contributed by atoms with Crippen molar-refractivity contribution in [2.45, 2.75) is 58.7 Å². The van der Waals surface area contributed by atoms with E-state index in [1.165, 1.54) is 0 Å². The Morgan fingerprint density at radius 3 is 2.70 bits per heavy atom. The molecule has 1 rings (SSSR count). The number of hydrogen-bond donors (Lipinski definition) is 1. The summed E-state index contributed by atoms with van der Waals surface area (Å²) in [5.41, 5.74) is 7.96. The molecule has 20 heavy (non-hydrogen) atoms. The third-order valence-electron chi connectivity index (χ3n) is 3.16. The minimum atomic E-state index is -2.72. The Morgan fingerprint density at radius 2 is 2.10 bits per heavy atom. The van der Waals surface area contributed by atoms with E-state index in [1.54, 1.807) is 6.07 Å². The topological polar surface area (TPSA) is 48.1 Å². The maximum atomic E-state index is 12.4. The van der Waals surface area contributed by atoms with Gasteiger partial charge in [-0.3, -0.25) is 4.98 Å². The fourth-order valence-corrected chi connectivity index (χ4v) is 2.51. The molecule has 0 saturated carbocycles. The van der Waals surface area contributed by atoms with Crippen LogP contribution < -0.4 is 5.73 Å². The highest BCUT2D eigenvalue weighted by Crippen LogP contribution is 2.23. The molecule has 0 aromatic carbocycles. The van der Waals surface area contributed by atoms with E-state index < -0.39 is 12.7 Å². The molecule has 1 atom stereocenters. The molecule has 0 radical (unpaired) electrons. The van der Waals surface area contributed by atoms with Crippen LogP contribution in [0.4, 0.5) is 14.5 Å². The van der Waals surface area contributed by atoms with Crippen LogP contribution >= 0.6 is 15.9 Å². The molecule has 3 nitrogen and oxygen atoms in total. The van der Waals surface area contributed by atoms with Gasteiger partial charge in [0.25, 0.3) is 0 Å². The third kappa shape index (κ3) is 5.71. The molecule has 0 amide bonds. The van der Waals surface area contributed by atoms with E-state index in [1.807, 2.05) is 13.8 Å². The highest BCUT2D eigenvalue weighted by atomic mass is 79.9. The normalized spacial score (nSPS) is 12.9. The van der Waals surface area contributed by atoms with Crippen LogP contribution in [0, 0.1) is 6.92 Å². The predicted octanol–water partition coefficient (Wildman–Crippen LogP) is 4.47. The SMILES string of the molecule is CCCC[C@H](CCc1nc(C)c(N)cc1Br)OC(F)F. The number of anilines is 1. The van der Waals surface area contributed by atoms with Gasteiger partial charge in [-0.2, -0.15) is 8.78 Å². The average Bonchev–Trinajstić information content (AvgIpc) is 2.37. The van der Waals surface area contributed by atoms with Crippen molar-refractivity contribution in [3.63, 3.8) is 0 Å². The molecule has 0 spiro atoms. The summed E-state index contributed by atoms with van der Waals surface area (Å²) < 4.78 is 30.2. The molecule has 0 unspecified atom stereocenters. The van der Waals surface area contributed by atoms with Crippen molar-refractivity contribution in [2.24, 2.45) is 0 Å². The number of nitrogens with two attached hydrogens (primary N) is 1. The van der Waals surface area contributed by atoms with Gasteiger partial charge in [-0.05, 0) is 48.2 Å². The number of nitrogens with zero attached hydrogens (tertiary/aromatic N) is 1. The molecule has 0 aliphatic carbocycles. The van der Waals surface area contributed by atoms with Crippen LogP contribution in [-0.2, 0) is 11.2 Å². The minimum absolute atomic E-state index is 0.429. The fraction of sp³-hybridized carbons (Fsp3) is 0.643. The molecule has 1 heterocycles. The monoisotopic (exact) mass is 350 g/mol. The summed E-state index contributed by atoms with van der Waals surface area (Å²) in [6.45, 7) is 1.14. The third-order valence-corrected chi connectivity index (χ3v) is 3.84. The van der Waals surface area contributed by atoms with E-state index in [4.69, 9.17) is 5.73 Å². The van der Waals surface area contributed by atoms with E-state index >= 15 is 0 Å². The largest absolute Gasteiger partial charge is 0.397 e. The first kappa shape index (κ1) is 17.3. The van der Waals surface area contributed by atoms with E-state index in [2.05, 4.69) is 25.7 Å². The van der Waals surface area contributed by atoms with Gasteiger partial charge >= 0.3 is 6.61 Å². The smallest absolute Gasteiger partial charge is 0.345 e. The zero-order chi connectivity index (χ0) is 15.1. The fourth-order valence-electron chi connectivity index (χ4n) is 1.98. The number of aryl methyl sites for hydroxylation is 2. The number of alkyl halides is 2. The molecule has 0 saturated heterocycles. The van der Waals surface area contributed by atoms with Crippen molar-refractivity contribution in [1.29, 1.82) is 0 Å². The van der Waals surface area contributed by atoms with Crippen molar-refractivity contribution in [2.75, 3.05) is 5.73 Å². The Hall–Kier alpha value is -0.750. The molecular weight excluding hydrogens is 330 g/mol. The van der Waals surface area contributed by atoms with E-state index in [9.17, 15) is 8.78 Å². The second-order valence-electron chi connectivity index (χ2n) is 4.79. The molecule has 1 aromatic heterocycles. The maximum absolute atomic E-state index is 12.4. The molecule has 1 aromatic rings. The molecule has 2 N–H and O–H groups in total. The number of rotatable bonds is 8.